The molecule has 2 aliphatic rings. The highest BCUT2D eigenvalue weighted by molar-refractivity contribution is 7.99. The topological polar surface area (TPSA) is 99.1 Å². The maximum atomic E-state index is 12.4. The molecule has 0 bridgehead atoms. The van der Waals surface area contributed by atoms with Gasteiger partial charge < -0.3 is 31.1 Å². The number of carbonyl (C=O) groups is 2. The molecule has 2 atom stereocenters. The lowest BCUT2D eigenvalue weighted by Gasteiger charge is -2.34. The third-order valence-electron chi connectivity index (χ3n) is 5.13. The number of carbonyl (C=O) groups excluding carboxylic acids is 2. The van der Waals surface area contributed by atoms with Crippen LogP contribution in [0.25, 0.3) is 0 Å². The van der Waals surface area contributed by atoms with Gasteiger partial charge in [0.05, 0.1) is 12.1 Å². The van der Waals surface area contributed by atoms with Crippen molar-refractivity contribution in [2.75, 3.05) is 78.0 Å². The van der Waals surface area contributed by atoms with Crippen molar-refractivity contribution in [3.05, 3.63) is 0 Å². The van der Waals surface area contributed by atoms with E-state index in [1.54, 1.807) is 11.8 Å². The van der Waals surface area contributed by atoms with Gasteiger partial charge in [0.2, 0.25) is 11.8 Å². The smallest absolute Gasteiger partial charge is 0.240 e. The van der Waals surface area contributed by atoms with Crippen LogP contribution in [-0.2, 0) is 9.59 Å². The van der Waals surface area contributed by atoms with E-state index in [4.69, 9.17) is 11.5 Å². The van der Waals surface area contributed by atoms with Gasteiger partial charge in [-0.3, -0.25) is 9.59 Å². The molecular formula is C17H34N6O2S. The second kappa shape index (κ2) is 10.5. The molecule has 0 aromatic rings. The molecule has 2 heterocycles. The van der Waals surface area contributed by atoms with Gasteiger partial charge in [0.15, 0.2) is 0 Å². The molecule has 0 aromatic carbocycles. The first-order chi connectivity index (χ1) is 12.4. The lowest BCUT2D eigenvalue weighted by atomic mass is 10.2. The maximum Gasteiger partial charge on any atom is 0.240 e. The highest BCUT2D eigenvalue weighted by atomic mass is 32.2. The van der Waals surface area contributed by atoms with Gasteiger partial charge in [-0.25, -0.2) is 0 Å². The molecule has 0 aromatic heterocycles. The summed E-state index contributed by atoms with van der Waals surface area (Å²) >= 11 is 1.61. The molecule has 8 nitrogen and oxygen atoms in total. The van der Waals surface area contributed by atoms with Gasteiger partial charge in [-0.15, -0.1) is 0 Å². The normalized spacial score (nSPS) is 22.3. The Morgan fingerprint density at radius 1 is 0.808 bits per heavy atom. The molecule has 150 valence electrons. The van der Waals surface area contributed by atoms with Crippen molar-refractivity contribution in [2.24, 2.45) is 11.5 Å². The molecule has 0 saturated carbocycles. The van der Waals surface area contributed by atoms with Crippen molar-refractivity contribution in [2.45, 2.75) is 18.5 Å². The van der Waals surface area contributed by atoms with E-state index in [9.17, 15) is 9.59 Å². The zero-order chi connectivity index (χ0) is 19.1. The highest BCUT2D eigenvalue weighted by Crippen LogP contribution is 2.10. The molecule has 9 heteroatoms. The number of rotatable bonds is 7. The van der Waals surface area contributed by atoms with E-state index in [-0.39, 0.29) is 11.8 Å². The number of nitrogens with zero attached hydrogens (tertiary/aromatic N) is 4. The Morgan fingerprint density at radius 2 is 1.23 bits per heavy atom. The van der Waals surface area contributed by atoms with E-state index in [1.165, 1.54) is 0 Å². The monoisotopic (exact) mass is 386 g/mol. The van der Waals surface area contributed by atoms with Crippen LogP contribution >= 0.6 is 11.8 Å². The van der Waals surface area contributed by atoms with Crippen molar-refractivity contribution < 1.29 is 9.59 Å². The Bertz CT molecular complexity index is 422. The van der Waals surface area contributed by atoms with Crippen LogP contribution in [0.3, 0.4) is 0 Å². The van der Waals surface area contributed by atoms with Crippen molar-refractivity contribution in [3.8, 4) is 0 Å². The minimum absolute atomic E-state index is 0.0309. The fourth-order valence-corrected chi connectivity index (χ4v) is 4.12. The Labute approximate surface area is 161 Å². The van der Waals surface area contributed by atoms with Gasteiger partial charge in [0.25, 0.3) is 0 Å². The van der Waals surface area contributed by atoms with E-state index in [1.807, 2.05) is 9.80 Å². The van der Waals surface area contributed by atoms with Crippen molar-refractivity contribution >= 4 is 23.6 Å². The zero-order valence-corrected chi connectivity index (χ0v) is 16.9. The SMILES string of the molecule is CN1CCN(C(=O)[C@@H](N)CCSC[C@H](N)C(=O)N2CCN(C)CC2)CC1. The summed E-state index contributed by atoms with van der Waals surface area (Å²) in [5.74, 6) is 1.38. The molecular weight excluding hydrogens is 352 g/mol. The molecule has 26 heavy (non-hydrogen) atoms. The van der Waals surface area contributed by atoms with Gasteiger partial charge in [0, 0.05) is 58.1 Å². The summed E-state index contributed by atoms with van der Waals surface area (Å²) in [6, 6.07) is -0.941. The van der Waals surface area contributed by atoms with E-state index in [0.29, 0.717) is 12.2 Å². The number of hydrogen-bond acceptors (Lipinski definition) is 7. The second-order valence-electron chi connectivity index (χ2n) is 7.33. The fraction of sp³-hybridized carbons (Fsp3) is 0.882. The number of likely N-dealkylation sites (N-methyl/N-ethyl adjacent to an activating group) is 2. The summed E-state index contributed by atoms with van der Waals surface area (Å²) in [4.78, 5) is 32.8. The van der Waals surface area contributed by atoms with Gasteiger partial charge in [-0.05, 0) is 26.3 Å². The average molecular weight is 387 g/mol. The van der Waals surface area contributed by atoms with E-state index in [0.717, 1.165) is 58.1 Å². The minimum Gasteiger partial charge on any atom is -0.339 e. The number of nitrogens with two attached hydrogens (primary N) is 2. The zero-order valence-electron chi connectivity index (χ0n) is 16.1. The van der Waals surface area contributed by atoms with Crippen LogP contribution < -0.4 is 11.5 Å². The summed E-state index contributed by atoms with van der Waals surface area (Å²) < 4.78 is 0. The summed E-state index contributed by atoms with van der Waals surface area (Å²) in [6.07, 6.45) is 0.616. The summed E-state index contributed by atoms with van der Waals surface area (Å²) in [5, 5.41) is 0. The Balaban J connectivity index is 1.61. The van der Waals surface area contributed by atoms with Crippen LogP contribution in [0, 0.1) is 0 Å². The van der Waals surface area contributed by atoms with Gasteiger partial charge in [-0.1, -0.05) is 0 Å². The minimum atomic E-state index is -0.479. The summed E-state index contributed by atoms with van der Waals surface area (Å²) in [5.41, 5.74) is 12.1. The first-order valence-electron chi connectivity index (χ1n) is 9.42. The molecule has 2 rings (SSSR count). The summed E-state index contributed by atoms with van der Waals surface area (Å²) in [7, 11) is 4.12. The van der Waals surface area contributed by atoms with Crippen LogP contribution in [0.5, 0.6) is 0 Å². The molecule has 2 amide bonds. The van der Waals surface area contributed by atoms with Crippen LogP contribution in [0.2, 0.25) is 0 Å². The van der Waals surface area contributed by atoms with Crippen LogP contribution in [0.1, 0.15) is 6.42 Å². The van der Waals surface area contributed by atoms with Gasteiger partial charge in [0.1, 0.15) is 0 Å². The molecule has 2 saturated heterocycles. The van der Waals surface area contributed by atoms with Crippen LogP contribution in [0.15, 0.2) is 0 Å². The number of amides is 2. The third-order valence-corrected chi connectivity index (χ3v) is 6.25. The predicted octanol–water partition coefficient (Wildman–Crippen LogP) is -1.69. The van der Waals surface area contributed by atoms with Crippen LogP contribution in [-0.4, -0.2) is 121 Å². The summed E-state index contributed by atoms with van der Waals surface area (Å²) in [6.45, 7) is 6.59. The highest BCUT2D eigenvalue weighted by Gasteiger charge is 2.25. The molecule has 4 N–H and O–H groups in total. The molecule has 0 unspecified atom stereocenters. The second-order valence-corrected chi connectivity index (χ2v) is 8.48. The van der Waals surface area contributed by atoms with E-state index in [2.05, 4.69) is 23.9 Å². The van der Waals surface area contributed by atoms with Crippen molar-refractivity contribution in [1.29, 1.82) is 0 Å². The lowest BCUT2D eigenvalue weighted by Crippen LogP contribution is -2.53. The molecule has 2 fully saturated rings. The van der Waals surface area contributed by atoms with Crippen molar-refractivity contribution in [3.63, 3.8) is 0 Å². The predicted molar refractivity (Wildman–Crippen MR) is 106 cm³/mol. The van der Waals surface area contributed by atoms with Gasteiger partial charge in [-0.2, -0.15) is 11.8 Å². The van der Waals surface area contributed by atoms with E-state index < -0.39 is 12.1 Å². The molecule has 0 radical (unpaired) electrons. The Kier molecular flexibility index (Phi) is 8.62. The largest absolute Gasteiger partial charge is 0.339 e. The first-order valence-corrected chi connectivity index (χ1v) is 10.6. The fourth-order valence-electron chi connectivity index (χ4n) is 3.14. The number of piperazine rings is 2. The quantitative estimate of drug-likeness (QED) is 0.504. The number of hydrogen-bond donors (Lipinski definition) is 2. The van der Waals surface area contributed by atoms with Gasteiger partial charge >= 0.3 is 0 Å². The first kappa shape index (κ1) is 21.4. The average Bonchev–Trinajstić information content (AvgIpc) is 2.65. The van der Waals surface area contributed by atoms with E-state index >= 15 is 0 Å². The molecule has 2 aliphatic heterocycles. The lowest BCUT2D eigenvalue weighted by molar-refractivity contribution is -0.134. The molecule has 0 aliphatic carbocycles. The standard InChI is InChI=1S/C17H34N6O2S/c1-20-4-8-22(9-5-20)16(24)14(18)3-12-26-13-15(19)17(25)23-10-6-21(2)7-11-23/h14-15H,3-13,18-19H2,1-2H3/t14-,15-/m0/s1. The van der Waals surface area contributed by atoms with Crippen LogP contribution in [0.4, 0.5) is 0 Å². The maximum absolute atomic E-state index is 12.4. The molecule has 0 spiro atoms. The number of thioether (sulfide) groups is 1. The Morgan fingerprint density at radius 3 is 1.69 bits per heavy atom. The van der Waals surface area contributed by atoms with Crippen molar-refractivity contribution in [1.82, 2.24) is 19.6 Å². The Hall–Kier alpha value is -0.870. The third kappa shape index (κ3) is 6.38.